The Kier molecular flexibility index (Phi) is 13.6. The lowest BCUT2D eigenvalue weighted by Crippen LogP contribution is -2.41. The summed E-state index contributed by atoms with van der Waals surface area (Å²) >= 11 is 18.0. The minimum atomic E-state index is -0.447. The molecule has 0 bridgehead atoms. The number of hydrogen-bond acceptors (Lipinski definition) is 9. The van der Waals surface area contributed by atoms with Crippen LogP contribution in [-0.4, -0.2) is 71.5 Å². The zero-order valence-electron chi connectivity index (χ0n) is 30.7. The van der Waals surface area contributed by atoms with Gasteiger partial charge in [0.25, 0.3) is 0 Å². The van der Waals surface area contributed by atoms with Crippen LogP contribution in [0.2, 0.25) is 16.3 Å². The average molecular weight is 863 g/mol. The minimum Gasteiger partial charge on any atom is -0.506 e. The maximum absolute atomic E-state index is 10.3. The van der Waals surface area contributed by atoms with Crippen molar-refractivity contribution in [2.24, 2.45) is 0 Å². The molecule has 2 N–H and O–H groups in total. The molecular formula is C34H47B3Br2Cl2O9. The summed E-state index contributed by atoms with van der Waals surface area (Å²) < 4.78 is 37.1. The highest BCUT2D eigenvalue weighted by Gasteiger charge is 2.57. The van der Waals surface area contributed by atoms with Crippen LogP contribution in [0.3, 0.4) is 0 Å². The van der Waals surface area contributed by atoms with Crippen LogP contribution in [0.5, 0.6) is 11.5 Å². The average Bonchev–Trinajstić information content (AvgIpc) is 3.39. The van der Waals surface area contributed by atoms with E-state index in [0.717, 1.165) is 4.47 Å². The predicted octanol–water partition coefficient (Wildman–Crippen LogP) is 9.78. The molecule has 3 heterocycles. The fourth-order valence-electron chi connectivity index (χ4n) is 4.82. The first-order valence-corrected chi connectivity index (χ1v) is 18.5. The lowest BCUT2D eigenvalue weighted by atomic mass is 9.64. The van der Waals surface area contributed by atoms with Crippen LogP contribution in [0.1, 0.15) is 99.0 Å². The van der Waals surface area contributed by atoms with Gasteiger partial charge in [0.05, 0.1) is 49.2 Å². The van der Waals surface area contributed by atoms with E-state index in [0.29, 0.717) is 27.6 Å². The molecule has 2 aromatic rings. The number of phenolic OH excluding ortho intramolecular Hbond substituents is 2. The first kappa shape index (κ1) is 43.4. The summed E-state index contributed by atoms with van der Waals surface area (Å²) in [7, 11) is -1.00. The van der Waals surface area contributed by atoms with Gasteiger partial charge in [-0.3, -0.25) is 4.79 Å². The van der Waals surface area contributed by atoms with Gasteiger partial charge in [0.1, 0.15) is 11.5 Å². The van der Waals surface area contributed by atoms with E-state index in [4.69, 9.17) is 56.2 Å². The highest BCUT2D eigenvalue weighted by atomic mass is 79.9. The molecule has 0 saturated carbocycles. The van der Waals surface area contributed by atoms with Gasteiger partial charge in [-0.1, -0.05) is 67.1 Å². The van der Waals surface area contributed by atoms with E-state index in [1.165, 1.54) is 12.1 Å². The van der Waals surface area contributed by atoms with Gasteiger partial charge in [-0.2, -0.15) is 0 Å². The summed E-state index contributed by atoms with van der Waals surface area (Å²) in [6, 6.07) is 6.43. The molecular weight excluding hydrogens is 816 g/mol. The molecule has 2 aromatic carbocycles. The number of aromatic hydroxyl groups is 2. The molecule has 0 radical (unpaired) electrons. The van der Waals surface area contributed by atoms with Gasteiger partial charge in [-0.05, 0) is 107 Å². The van der Waals surface area contributed by atoms with Crippen molar-refractivity contribution in [3.8, 4) is 11.5 Å². The molecule has 9 nitrogen and oxygen atoms in total. The first-order valence-electron chi connectivity index (χ1n) is 16.2. The summed E-state index contributed by atoms with van der Waals surface area (Å²) in [5, 5.41) is 19.5. The molecule has 0 aromatic heterocycles. The number of benzene rings is 2. The second-order valence-corrected chi connectivity index (χ2v) is 18.0. The van der Waals surface area contributed by atoms with Crippen LogP contribution in [0.4, 0.5) is 0 Å². The Morgan fingerprint density at radius 3 is 1.28 bits per heavy atom. The van der Waals surface area contributed by atoms with E-state index < -0.39 is 7.12 Å². The zero-order valence-corrected chi connectivity index (χ0v) is 35.4. The first-order chi connectivity index (χ1) is 22.6. The SMILES string of the molecule is CC1(C)OB(/C=C/c2cc(Br)cc(Cl)c2O)OC1(C)C.CC1(C)OB(CB2OC(C)(C)C(C)(C)O2)OC1(C)C.O=Cc1cc(Br)cc(Cl)c1O. The smallest absolute Gasteiger partial charge is 0.487 e. The summed E-state index contributed by atoms with van der Waals surface area (Å²) in [6.07, 6.45) is 2.89. The van der Waals surface area contributed by atoms with E-state index in [9.17, 15) is 9.90 Å². The van der Waals surface area contributed by atoms with Crippen molar-refractivity contribution in [1.29, 1.82) is 0 Å². The Balaban J connectivity index is 0.000000212. The fraction of sp³-hybridized carbons (Fsp3) is 0.559. The summed E-state index contributed by atoms with van der Waals surface area (Å²) in [6.45, 7) is 24.4. The zero-order chi connectivity index (χ0) is 38.3. The highest BCUT2D eigenvalue weighted by Crippen LogP contribution is 2.42. The lowest BCUT2D eigenvalue weighted by Gasteiger charge is -2.32. The van der Waals surface area contributed by atoms with Crippen molar-refractivity contribution >= 4 is 88.8 Å². The second-order valence-electron chi connectivity index (χ2n) is 15.4. The minimum absolute atomic E-state index is 0.0441. The van der Waals surface area contributed by atoms with Crippen LogP contribution in [-0.2, 0) is 27.9 Å². The van der Waals surface area contributed by atoms with Crippen molar-refractivity contribution in [1.82, 2.24) is 0 Å². The van der Waals surface area contributed by atoms with Gasteiger partial charge in [0.2, 0.25) is 0 Å². The molecule has 0 atom stereocenters. The summed E-state index contributed by atoms with van der Waals surface area (Å²) in [5.41, 5.74) is -1.17. The van der Waals surface area contributed by atoms with Crippen LogP contribution < -0.4 is 0 Å². The normalized spacial score (nSPS) is 22.2. The Morgan fingerprint density at radius 2 is 0.920 bits per heavy atom. The van der Waals surface area contributed by atoms with Crippen molar-refractivity contribution in [2.75, 3.05) is 0 Å². The van der Waals surface area contributed by atoms with Crippen molar-refractivity contribution < 1.29 is 42.9 Å². The topological polar surface area (TPSA) is 113 Å². The predicted molar refractivity (Wildman–Crippen MR) is 209 cm³/mol. The van der Waals surface area contributed by atoms with Gasteiger partial charge in [-0.25, -0.2) is 0 Å². The molecule has 0 amide bonds. The van der Waals surface area contributed by atoms with E-state index in [2.05, 4.69) is 87.2 Å². The Labute approximate surface area is 324 Å². The van der Waals surface area contributed by atoms with E-state index >= 15 is 0 Å². The molecule has 3 saturated heterocycles. The number of aldehydes is 1. The fourth-order valence-corrected chi connectivity index (χ4v) is 6.49. The second kappa shape index (κ2) is 15.7. The van der Waals surface area contributed by atoms with Crippen molar-refractivity contribution in [3.63, 3.8) is 0 Å². The van der Waals surface area contributed by atoms with E-state index in [-0.39, 0.29) is 69.9 Å². The molecule has 50 heavy (non-hydrogen) atoms. The van der Waals surface area contributed by atoms with Crippen LogP contribution in [0.25, 0.3) is 6.08 Å². The van der Waals surface area contributed by atoms with E-state index in [1.54, 1.807) is 24.2 Å². The molecule has 3 aliphatic heterocycles. The van der Waals surface area contributed by atoms with Crippen LogP contribution >= 0.6 is 55.1 Å². The molecule has 16 heteroatoms. The van der Waals surface area contributed by atoms with Crippen LogP contribution in [0, 0.1) is 0 Å². The quantitative estimate of drug-likeness (QED) is 0.224. The third kappa shape index (κ3) is 10.1. The molecule has 0 unspecified atom stereocenters. The maximum Gasteiger partial charge on any atom is 0.487 e. The standard InChI is InChI=1S/C14H17BBrClO3.C13H26B2O4.C7H4BrClO2/c1-13(2)14(3,4)20-15(19-13)6-5-9-7-10(16)8-11(17)12(9)18;1-10(2)11(3,4)17-14(16-10)9-15-18-12(5,6)13(7,8)19-15;8-5-1-4(3-10)7(11)6(9)2-5/h5-8,18H,1-4H3;9H2,1-8H3;1-3,11H/b6-5+;;. The monoisotopic (exact) mass is 860 g/mol. The van der Waals surface area contributed by atoms with Gasteiger partial charge < -0.3 is 38.1 Å². The third-order valence-corrected chi connectivity index (χ3v) is 11.4. The summed E-state index contributed by atoms with van der Waals surface area (Å²) in [5.74, 6) is 1.64. The summed E-state index contributed by atoms with van der Waals surface area (Å²) in [4.78, 5) is 10.3. The number of halogens is 4. The van der Waals surface area contributed by atoms with Gasteiger partial charge in [-0.15, -0.1) is 0 Å². The van der Waals surface area contributed by atoms with Crippen LogP contribution in [0.15, 0.2) is 39.2 Å². The largest absolute Gasteiger partial charge is 0.506 e. The highest BCUT2D eigenvalue weighted by molar-refractivity contribution is 9.10. The molecule has 5 rings (SSSR count). The molecule has 0 spiro atoms. The van der Waals surface area contributed by atoms with Gasteiger partial charge in [0, 0.05) is 20.7 Å². The Bertz CT molecular complexity index is 1500. The van der Waals surface area contributed by atoms with Crippen molar-refractivity contribution in [3.05, 3.63) is 60.4 Å². The van der Waals surface area contributed by atoms with E-state index in [1.807, 2.05) is 27.7 Å². The number of rotatable bonds is 5. The van der Waals surface area contributed by atoms with Gasteiger partial charge in [0.15, 0.2) is 6.29 Å². The molecule has 3 aliphatic rings. The van der Waals surface area contributed by atoms with Gasteiger partial charge >= 0.3 is 21.4 Å². The number of carbonyl (C=O) groups is 1. The molecule has 274 valence electrons. The number of phenols is 2. The maximum atomic E-state index is 10.3. The third-order valence-electron chi connectivity index (χ3n) is 9.94. The Hall–Kier alpha value is -1.06. The number of carbonyl (C=O) groups excluding carboxylic acids is 1. The molecule has 3 fully saturated rings. The van der Waals surface area contributed by atoms with Crippen molar-refractivity contribution in [2.45, 2.75) is 123 Å². The number of hydrogen-bond donors (Lipinski definition) is 2. The lowest BCUT2D eigenvalue weighted by molar-refractivity contribution is 0.00578. The Morgan fingerprint density at radius 1 is 0.600 bits per heavy atom. The molecule has 0 aliphatic carbocycles.